The van der Waals surface area contributed by atoms with Crippen LogP contribution in [0.5, 0.6) is 0 Å². The molecule has 1 aromatic rings. The number of halogens is 1. The fraction of sp³-hybridized carbons (Fsp3) is 0.500. The van der Waals surface area contributed by atoms with Gasteiger partial charge < -0.3 is 10.2 Å². The van der Waals surface area contributed by atoms with Gasteiger partial charge in [-0.25, -0.2) is 9.59 Å². The van der Waals surface area contributed by atoms with Crippen molar-refractivity contribution in [3.8, 4) is 0 Å². The Labute approximate surface area is 164 Å². The van der Waals surface area contributed by atoms with Crippen molar-refractivity contribution in [2.45, 2.75) is 37.4 Å². The lowest BCUT2D eigenvalue weighted by Gasteiger charge is -2.26. The van der Waals surface area contributed by atoms with E-state index >= 15 is 0 Å². The number of hydrogen-bond donors (Lipinski definition) is 1. The Kier molecular flexibility index (Phi) is 7.78. The number of aliphatic imine (C=N–C) groups is 1. The largest absolute Gasteiger partial charge is 0.345 e. The van der Waals surface area contributed by atoms with Gasteiger partial charge in [-0.3, -0.25) is 4.90 Å². The van der Waals surface area contributed by atoms with Gasteiger partial charge in [-0.2, -0.15) is 4.99 Å². The second kappa shape index (κ2) is 9.83. The maximum absolute atomic E-state index is 12.6. The highest BCUT2D eigenvalue weighted by molar-refractivity contribution is 8.14. The van der Waals surface area contributed by atoms with E-state index in [1.165, 1.54) is 40.8 Å². The number of nitrogens with one attached hydrogen (secondary N) is 1. The van der Waals surface area contributed by atoms with Crippen LogP contribution in [0.25, 0.3) is 0 Å². The minimum absolute atomic E-state index is 0.360. The summed E-state index contributed by atoms with van der Waals surface area (Å²) >= 11 is 7.46. The average molecular weight is 397 g/mol. The highest BCUT2D eigenvalue weighted by Gasteiger charge is 2.23. The quantitative estimate of drug-likeness (QED) is 0.570. The monoisotopic (exact) mass is 396 g/mol. The van der Waals surface area contributed by atoms with Gasteiger partial charge in [0.15, 0.2) is 5.17 Å². The van der Waals surface area contributed by atoms with E-state index in [1.807, 2.05) is 0 Å². The molecule has 8 heteroatoms. The molecule has 2 rings (SSSR count). The third-order valence-corrected chi connectivity index (χ3v) is 5.68. The number of carbonyl (C=O) groups excluding carboxylic acids is 2. The van der Waals surface area contributed by atoms with Gasteiger partial charge in [-0.1, -0.05) is 48.7 Å². The molecule has 6 nitrogen and oxygen atoms in total. The van der Waals surface area contributed by atoms with Crippen LogP contribution < -0.4 is 5.32 Å². The predicted octanol–water partition coefficient (Wildman–Crippen LogP) is 4.91. The van der Waals surface area contributed by atoms with Crippen LogP contribution in [-0.4, -0.2) is 53.4 Å². The molecule has 0 spiro atoms. The summed E-state index contributed by atoms with van der Waals surface area (Å²) in [6.07, 6.45) is 5.73. The van der Waals surface area contributed by atoms with Crippen molar-refractivity contribution in [2.75, 3.05) is 26.5 Å². The Morgan fingerprint density at radius 2 is 1.88 bits per heavy atom. The second-order valence-corrected chi connectivity index (χ2v) is 8.15. The molecule has 0 unspecified atom stereocenters. The van der Waals surface area contributed by atoms with Crippen molar-refractivity contribution in [3.63, 3.8) is 0 Å². The molecule has 1 aromatic carbocycles. The van der Waals surface area contributed by atoms with E-state index in [0.717, 1.165) is 12.8 Å². The van der Waals surface area contributed by atoms with Crippen molar-refractivity contribution in [1.82, 2.24) is 9.80 Å². The van der Waals surface area contributed by atoms with Gasteiger partial charge >= 0.3 is 12.1 Å². The number of hydrogen-bond acceptors (Lipinski definition) is 3. The van der Waals surface area contributed by atoms with Crippen molar-refractivity contribution < 1.29 is 9.59 Å². The Balaban J connectivity index is 2.13. The summed E-state index contributed by atoms with van der Waals surface area (Å²) in [5.74, 6) is 0. The van der Waals surface area contributed by atoms with Gasteiger partial charge in [0.2, 0.25) is 0 Å². The van der Waals surface area contributed by atoms with Crippen LogP contribution in [0.2, 0.25) is 5.02 Å². The van der Waals surface area contributed by atoms with Crippen LogP contribution in [0, 0.1) is 0 Å². The lowest BCUT2D eigenvalue weighted by atomic mass is 10.0. The number of rotatable bonds is 2. The molecule has 1 fully saturated rings. The summed E-state index contributed by atoms with van der Waals surface area (Å²) in [5.41, 5.74) is 0.593. The number of amidine groups is 1. The molecular formula is C18H25ClN4O2S. The van der Waals surface area contributed by atoms with Crippen LogP contribution >= 0.6 is 23.4 Å². The van der Waals surface area contributed by atoms with E-state index in [4.69, 9.17) is 11.6 Å². The van der Waals surface area contributed by atoms with Crippen LogP contribution in [0.1, 0.15) is 32.1 Å². The minimum atomic E-state index is -0.384. The number of urea groups is 2. The maximum atomic E-state index is 12.6. The number of benzene rings is 1. The summed E-state index contributed by atoms with van der Waals surface area (Å²) in [6.45, 7) is 0. The topological polar surface area (TPSA) is 65.0 Å². The minimum Gasteiger partial charge on any atom is -0.329 e. The third kappa shape index (κ3) is 6.21. The molecular weight excluding hydrogens is 372 g/mol. The molecule has 0 atom stereocenters. The summed E-state index contributed by atoms with van der Waals surface area (Å²) < 4.78 is 0. The lowest BCUT2D eigenvalue weighted by molar-refractivity contribution is 0.227. The zero-order valence-corrected chi connectivity index (χ0v) is 16.9. The summed E-state index contributed by atoms with van der Waals surface area (Å²) in [6, 6.07) is 6.19. The first kappa shape index (κ1) is 20.6. The molecule has 4 amide bonds. The molecule has 0 radical (unpaired) electrons. The summed E-state index contributed by atoms with van der Waals surface area (Å²) in [4.78, 5) is 31.6. The van der Waals surface area contributed by atoms with Gasteiger partial charge in [0.05, 0.1) is 0 Å². The fourth-order valence-electron chi connectivity index (χ4n) is 2.55. The van der Waals surface area contributed by atoms with E-state index in [0.29, 0.717) is 21.1 Å². The van der Waals surface area contributed by atoms with Gasteiger partial charge in [0, 0.05) is 37.1 Å². The molecule has 1 aliphatic carbocycles. The third-order valence-electron chi connectivity index (χ3n) is 4.07. The van der Waals surface area contributed by atoms with Crippen LogP contribution in [0.4, 0.5) is 15.3 Å². The van der Waals surface area contributed by atoms with Crippen LogP contribution in [0.15, 0.2) is 29.3 Å². The number of anilines is 1. The first-order chi connectivity index (χ1) is 12.4. The number of nitrogens with zero attached hydrogens (tertiary/aromatic N) is 3. The van der Waals surface area contributed by atoms with E-state index in [9.17, 15) is 9.59 Å². The zero-order chi connectivity index (χ0) is 19.1. The molecule has 1 aliphatic rings. The molecule has 0 saturated heterocycles. The Morgan fingerprint density at radius 1 is 1.19 bits per heavy atom. The predicted molar refractivity (Wildman–Crippen MR) is 109 cm³/mol. The molecule has 1 N–H and O–H groups in total. The highest BCUT2D eigenvalue weighted by atomic mass is 35.5. The SMILES string of the molecule is CN(C)C(=O)N=C(SC1CCCCC1)N(C)C(=O)Nc1cccc(Cl)c1. The first-order valence-corrected chi connectivity index (χ1v) is 9.89. The van der Waals surface area contributed by atoms with Crippen molar-refractivity contribution >= 4 is 46.3 Å². The number of amides is 4. The van der Waals surface area contributed by atoms with Gasteiger partial charge in [0.1, 0.15) is 0 Å². The molecule has 26 heavy (non-hydrogen) atoms. The van der Waals surface area contributed by atoms with E-state index in [2.05, 4.69) is 10.3 Å². The van der Waals surface area contributed by atoms with Crippen LogP contribution in [0.3, 0.4) is 0 Å². The van der Waals surface area contributed by atoms with Crippen molar-refractivity contribution in [3.05, 3.63) is 29.3 Å². The highest BCUT2D eigenvalue weighted by Crippen LogP contribution is 2.30. The normalized spacial score (nSPS) is 15.5. The molecule has 142 valence electrons. The maximum Gasteiger partial charge on any atom is 0.345 e. The number of thioether (sulfide) groups is 1. The summed E-state index contributed by atoms with van der Waals surface area (Å²) in [5, 5.41) is 4.11. The van der Waals surface area contributed by atoms with E-state index in [-0.39, 0.29) is 12.1 Å². The number of carbonyl (C=O) groups is 2. The smallest absolute Gasteiger partial charge is 0.329 e. The second-order valence-electron chi connectivity index (χ2n) is 6.45. The van der Waals surface area contributed by atoms with Crippen LogP contribution in [-0.2, 0) is 0 Å². The Hall–Kier alpha value is -1.73. The summed E-state index contributed by atoms with van der Waals surface area (Å²) in [7, 11) is 4.90. The van der Waals surface area contributed by atoms with Crippen molar-refractivity contribution in [2.24, 2.45) is 4.99 Å². The first-order valence-electron chi connectivity index (χ1n) is 8.63. The Morgan fingerprint density at radius 3 is 2.50 bits per heavy atom. The Bertz CT molecular complexity index is 675. The molecule has 0 bridgehead atoms. The molecule has 0 aromatic heterocycles. The zero-order valence-electron chi connectivity index (χ0n) is 15.4. The fourth-order valence-corrected chi connectivity index (χ4v) is 3.98. The van der Waals surface area contributed by atoms with Crippen molar-refractivity contribution in [1.29, 1.82) is 0 Å². The van der Waals surface area contributed by atoms with E-state index in [1.54, 1.807) is 45.4 Å². The molecule has 1 saturated carbocycles. The average Bonchev–Trinajstić information content (AvgIpc) is 2.61. The van der Waals surface area contributed by atoms with Gasteiger partial charge in [-0.05, 0) is 31.0 Å². The van der Waals surface area contributed by atoms with E-state index < -0.39 is 0 Å². The molecule has 0 heterocycles. The lowest BCUT2D eigenvalue weighted by Crippen LogP contribution is -2.37. The van der Waals surface area contributed by atoms with Gasteiger partial charge in [0.25, 0.3) is 0 Å². The molecule has 0 aliphatic heterocycles. The standard InChI is InChI=1S/C18H25ClN4O2S/c1-22(2)16(24)21-18(26-15-10-5-4-6-11-15)23(3)17(25)20-14-9-7-8-13(19)12-14/h7-9,12,15H,4-6,10-11H2,1-3H3,(H,20,25). The van der Waals surface area contributed by atoms with Gasteiger partial charge in [-0.15, -0.1) is 0 Å².